The van der Waals surface area contributed by atoms with Crippen LogP contribution >= 0.6 is 27.7 Å². The van der Waals surface area contributed by atoms with Gasteiger partial charge in [0.15, 0.2) is 0 Å². The second-order valence-electron chi connectivity index (χ2n) is 6.23. The molecule has 0 saturated carbocycles. The molecular formula is C19H23BrN2O4S. The van der Waals surface area contributed by atoms with E-state index in [2.05, 4.69) is 15.9 Å². The topological polar surface area (TPSA) is 60.8 Å². The summed E-state index contributed by atoms with van der Waals surface area (Å²) in [5.74, 6) is 0. The van der Waals surface area contributed by atoms with Crippen LogP contribution in [0.4, 0.5) is 9.59 Å². The maximum absolute atomic E-state index is 12.3. The van der Waals surface area contributed by atoms with Crippen LogP contribution in [-0.2, 0) is 9.47 Å². The highest BCUT2D eigenvalue weighted by Gasteiger charge is 2.25. The highest BCUT2D eigenvalue weighted by molar-refractivity contribution is 9.10. The summed E-state index contributed by atoms with van der Waals surface area (Å²) in [6, 6.07) is 5.87. The Morgan fingerprint density at radius 3 is 2.48 bits per heavy atom. The van der Waals surface area contributed by atoms with Gasteiger partial charge in [0.2, 0.25) is 0 Å². The number of ether oxygens (including phenoxy) is 2. The quantitative estimate of drug-likeness (QED) is 0.641. The molecule has 1 aliphatic heterocycles. The zero-order chi connectivity index (χ0) is 19.4. The van der Waals surface area contributed by atoms with Gasteiger partial charge in [0.25, 0.3) is 0 Å². The molecule has 1 aromatic carbocycles. The summed E-state index contributed by atoms with van der Waals surface area (Å²) >= 11 is 5.27. The van der Waals surface area contributed by atoms with Gasteiger partial charge in [-0.3, -0.25) is 4.57 Å². The van der Waals surface area contributed by atoms with Gasteiger partial charge in [-0.15, -0.1) is 11.8 Å². The van der Waals surface area contributed by atoms with Crippen LogP contribution in [0, 0.1) is 0 Å². The molecule has 146 valence electrons. The second-order valence-corrected chi connectivity index (χ2v) is 8.48. The van der Waals surface area contributed by atoms with Crippen molar-refractivity contribution in [3.05, 3.63) is 28.9 Å². The standard InChI is InChI=1S/C19H23BrN2O4S/c1-3-25-18(23)21-9-7-14(8-10-21)27-17-12-22(19(24)26-4-2)16-6-5-13(20)11-15(16)17/h5-6,11-12,14H,3-4,7-10H2,1-2H3. The van der Waals surface area contributed by atoms with E-state index in [0.29, 0.717) is 31.6 Å². The molecule has 0 aliphatic carbocycles. The van der Waals surface area contributed by atoms with E-state index >= 15 is 0 Å². The Bertz CT molecular complexity index is 830. The molecule has 8 heteroatoms. The number of carbonyl (C=O) groups is 2. The zero-order valence-corrected chi connectivity index (χ0v) is 17.8. The van der Waals surface area contributed by atoms with Crippen LogP contribution in [0.3, 0.4) is 0 Å². The first-order chi connectivity index (χ1) is 13.0. The smallest absolute Gasteiger partial charge is 0.418 e. The van der Waals surface area contributed by atoms with Gasteiger partial charge in [-0.25, -0.2) is 9.59 Å². The van der Waals surface area contributed by atoms with Crippen LogP contribution in [0.15, 0.2) is 33.8 Å². The lowest BCUT2D eigenvalue weighted by Gasteiger charge is -2.30. The third kappa shape index (κ3) is 4.60. The average Bonchev–Trinajstić information content (AvgIpc) is 3.00. The zero-order valence-electron chi connectivity index (χ0n) is 15.4. The minimum absolute atomic E-state index is 0.233. The van der Waals surface area contributed by atoms with Crippen LogP contribution in [-0.4, -0.2) is 53.2 Å². The number of rotatable bonds is 4. The van der Waals surface area contributed by atoms with Crippen LogP contribution in [0.1, 0.15) is 26.7 Å². The monoisotopic (exact) mass is 454 g/mol. The van der Waals surface area contributed by atoms with Crippen molar-refractivity contribution in [2.75, 3.05) is 26.3 Å². The number of piperidine rings is 1. The van der Waals surface area contributed by atoms with Crippen LogP contribution in [0.25, 0.3) is 10.9 Å². The molecular weight excluding hydrogens is 432 g/mol. The van der Waals surface area contributed by atoms with Gasteiger partial charge in [-0.1, -0.05) is 15.9 Å². The van der Waals surface area contributed by atoms with E-state index < -0.39 is 0 Å². The van der Waals surface area contributed by atoms with Crippen molar-refractivity contribution in [1.29, 1.82) is 0 Å². The van der Waals surface area contributed by atoms with Crippen LogP contribution < -0.4 is 0 Å². The van der Waals surface area contributed by atoms with Crippen molar-refractivity contribution in [3.8, 4) is 0 Å². The third-order valence-electron chi connectivity index (χ3n) is 4.46. The van der Waals surface area contributed by atoms with Crippen molar-refractivity contribution >= 4 is 50.8 Å². The lowest BCUT2D eigenvalue weighted by molar-refractivity contribution is 0.100. The number of thioether (sulfide) groups is 1. The lowest BCUT2D eigenvalue weighted by atomic mass is 10.1. The second kappa shape index (κ2) is 9.01. The third-order valence-corrected chi connectivity index (χ3v) is 6.33. The summed E-state index contributed by atoms with van der Waals surface area (Å²) < 4.78 is 12.8. The molecule has 27 heavy (non-hydrogen) atoms. The number of likely N-dealkylation sites (tertiary alicyclic amines) is 1. The molecule has 2 heterocycles. The Morgan fingerprint density at radius 1 is 1.15 bits per heavy atom. The molecule has 0 N–H and O–H groups in total. The van der Waals surface area contributed by atoms with E-state index in [1.54, 1.807) is 28.2 Å². The van der Waals surface area contributed by atoms with Crippen molar-refractivity contribution in [2.24, 2.45) is 0 Å². The fourth-order valence-corrected chi connectivity index (χ4v) is 4.78. The van der Waals surface area contributed by atoms with E-state index in [1.165, 1.54) is 0 Å². The predicted molar refractivity (Wildman–Crippen MR) is 110 cm³/mol. The summed E-state index contributed by atoms with van der Waals surface area (Å²) in [6.07, 6.45) is 3.04. The Kier molecular flexibility index (Phi) is 6.70. The number of nitrogens with zero attached hydrogens (tertiary/aromatic N) is 2. The highest BCUT2D eigenvalue weighted by Crippen LogP contribution is 2.37. The van der Waals surface area contributed by atoms with Gasteiger partial charge in [0.1, 0.15) is 0 Å². The number of hydrogen-bond acceptors (Lipinski definition) is 5. The fraction of sp³-hybridized carbons (Fsp3) is 0.474. The highest BCUT2D eigenvalue weighted by atomic mass is 79.9. The minimum Gasteiger partial charge on any atom is -0.450 e. The molecule has 0 bridgehead atoms. The normalized spacial score (nSPS) is 15.1. The molecule has 1 saturated heterocycles. The first kappa shape index (κ1) is 20.1. The van der Waals surface area contributed by atoms with Gasteiger partial charge >= 0.3 is 12.2 Å². The molecule has 0 radical (unpaired) electrons. The summed E-state index contributed by atoms with van der Waals surface area (Å²) in [4.78, 5) is 27.0. The van der Waals surface area contributed by atoms with E-state index in [0.717, 1.165) is 33.1 Å². The number of carbonyl (C=O) groups excluding carboxylic acids is 2. The molecule has 1 amide bonds. The largest absolute Gasteiger partial charge is 0.450 e. The lowest BCUT2D eigenvalue weighted by Crippen LogP contribution is -2.39. The molecule has 1 aromatic heterocycles. The molecule has 1 aliphatic rings. The molecule has 0 spiro atoms. The molecule has 3 rings (SSSR count). The van der Waals surface area contributed by atoms with Crippen molar-refractivity contribution < 1.29 is 19.1 Å². The van der Waals surface area contributed by atoms with Crippen molar-refractivity contribution in [1.82, 2.24) is 9.47 Å². The van der Waals surface area contributed by atoms with E-state index in [1.807, 2.05) is 31.3 Å². The number of halogens is 1. The number of amides is 1. The summed E-state index contributed by atoms with van der Waals surface area (Å²) in [7, 11) is 0. The van der Waals surface area contributed by atoms with E-state index in [9.17, 15) is 9.59 Å². The van der Waals surface area contributed by atoms with Gasteiger partial charge in [0.05, 0.1) is 18.7 Å². The summed E-state index contributed by atoms with van der Waals surface area (Å²) in [6.45, 7) is 5.73. The number of fused-ring (bicyclic) bond motifs is 1. The summed E-state index contributed by atoms with van der Waals surface area (Å²) in [5, 5.41) is 1.41. The number of benzene rings is 1. The van der Waals surface area contributed by atoms with E-state index in [-0.39, 0.29) is 12.2 Å². The van der Waals surface area contributed by atoms with E-state index in [4.69, 9.17) is 9.47 Å². The molecule has 6 nitrogen and oxygen atoms in total. The average molecular weight is 455 g/mol. The van der Waals surface area contributed by atoms with Gasteiger partial charge in [0, 0.05) is 39.3 Å². The number of aromatic nitrogens is 1. The van der Waals surface area contributed by atoms with Crippen molar-refractivity contribution in [2.45, 2.75) is 36.8 Å². The molecule has 0 unspecified atom stereocenters. The Balaban J connectivity index is 1.76. The Hall–Kier alpha value is -1.67. The maximum atomic E-state index is 12.3. The molecule has 2 aromatic rings. The summed E-state index contributed by atoms with van der Waals surface area (Å²) in [5.41, 5.74) is 0.836. The van der Waals surface area contributed by atoms with Crippen molar-refractivity contribution in [3.63, 3.8) is 0 Å². The Morgan fingerprint density at radius 2 is 1.81 bits per heavy atom. The SMILES string of the molecule is CCOC(=O)N1CCC(Sc2cn(C(=O)OCC)c3ccc(Br)cc23)CC1. The predicted octanol–water partition coefficient (Wildman–Crippen LogP) is 5.12. The van der Waals surface area contributed by atoms with Gasteiger partial charge in [-0.05, 0) is 44.9 Å². The first-order valence-corrected chi connectivity index (χ1v) is 10.8. The first-order valence-electron chi connectivity index (χ1n) is 9.09. The number of hydrogen-bond donors (Lipinski definition) is 0. The van der Waals surface area contributed by atoms with Crippen LogP contribution in [0.2, 0.25) is 0 Å². The molecule has 0 atom stereocenters. The van der Waals surface area contributed by atoms with Crippen LogP contribution in [0.5, 0.6) is 0 Å². The fourth-order valence-electron chi connectivity index (χ4n) is 3.16. The maximum Gasteiger partial charge on any atom is 0.418 e. The Labute approximate surface area is 171 Å². The molecule has 1 fully saturated rings. The van der Waals surface area contributed by atoms with Gasteiger partial charge in [-0.2, -0.15) is 0 Å². The van der Waals surface area contributed by atoms with Gasteiger partial charge < -0.3 is 14.4 Å². The minimum atomic E-state index is -0.367.